The number of fused-ring (bicyclic) bond motifs is 1. The Labute approximate surface area is 146 Å². The van der Waals surface area contributed by atoms with E-state index in [0.717, 1.165) is 23.0 Å². The summed E-state index contributed by atoms with van der Waals surface area (Å²) in [6.07, 6.45) is 5.81. The summed E-state index contributed by atoms with van der Waals surface area (Å²) in [6, 6.07) is 1.88. The number of pyridine rings is 1. The van der Waals surface area contributed by atoms with Gasteiger partial charge in [0.1, 0.15) is 0 Å². The first-order chi connectivity index (χ1) is 11.6. The van der Waals surface area contributed by atoms with Crippen LogP contribution in [-0.2, 0) is 6.54 Å². The first-order valence-electron chi connectivity index (χ1n) is 7.85. The average molecular weight is 390 g/mol. The van der Waals surface area contributed by atoms with Crippen molar-refractivity contribution in [2.45, 2.75) is 32.2 Å². The maximum absolute atomic E-state index is 12.7. The van der Waals surface area contributed by atoms with Gasteiger partial charge in [-0.25, -0.2) is 4.98 Å². The molecule has 0 bridgehead atoms. The highest BCUT2D eigenvalue weighted by Gasteiger charge is 2.28. The molecule has 7 nitrogen and oxygen atoms in total. The Kier molecular flexibility index (Phi) is 3.84. The number of carbonyl (C=O) groups excluding carboxylic acids is 1. The summed E-state index contributed by atoms with van der Waals surface area (Å²) < 4.78 is 7.96. The number of rotatable bonds is 5. The fraction of sp³-hybridized carbons (Fsp3) is 0.375. The molecule has 3 heterocycles. The van der Waals surface area contributed by atoms with E-state index >= 15 is 0 Å². The maximum Gasteiger partial charge on any atom is 0.259 e. The molecule has 1 fully saturated rings. The monoisotopic (exact) mass is 389 g/mol. The molecule has 124 valence electrons. The number of hydrogen-bond acceptors (Lipinski definition) is 5. The Morgan fingerprint density at radius 3 is 3.04 bits per heavy atom. The topological polar surface area (TPSA) is 85.8 Å². The van der Waals surface area contributed by atoms with Crippen LogP contribution in [0.4, 0.5) is 0 Å². The van der Waals surface area contributed by atoms with Crippen LogP contribution in [0.5, 0.6) is 0 Å². The Morgan fingerprint density at radius 1 is 1.50 bits per heavy atom. The Bertz CT molecular complexity index is 912. The SMILES string of the molecule is Cc1noc2nc(C3CC3)cc(C(=O)NCCn3cc(Br)cn3)c12. The van der Waals surface area contributed by atoms with E-state index in [0.29, 0.717) is 41.4 Å². The summed E-state index contributed by atoms with van der Waals surface area (Å²) in [5.74, 6) is 0.301. The van der Waals surface area contributed by atoms with Gasteiger partial charge in [-0.05, 0) is 41.8 Å². The number of amides is 1. The van der Waals surface area contributed by atoms with Gasteiger partial charge in [0.25, 0.3) is 11.6 Å². The summed E-state index contributed by atoms with van der Waals surface area (Å²) in [4.78, 5) is 17.2. The van der Waals surface area contributed by atoms with Gasteiger partial charge in [0, 0.05) is 24.4 Å². The second kappa shape index (κ2) is 6.01. The third-order valence-corrected chi connectivity index (χ3v) is 4.51. The number of nitrogens with one attached hydrogen (secondary N) is 1. The van der Waals surface area contributed by atoms with Crippen molar-refractivity contribution in [3.8, 4) is 0 Å². The van der Waals surface area contributed by atoms with E-state index in [2.05, 4.69) is 36.5 Å². The lowest BCUT2D eigenvalue weighted by Crippen LogP contribution is -2.27. The molecule has 1 amide bonds. The van der Waals surface area contributed by atoms with Crippen molar-refractivity contribution < 1.29 is 9.32 Å². The van der Waals surface area contributed by atoms with E-state index in [1.165, 1.54) is 0 Å². The predicted octanol–water partition coefficient (Wildman–Crippen LogP) is 2.80. The molecular formula is C16H16BrN5O2. The van der Waals surface area contributed by atoms with Crippen molar-refractivity contribution in [1.29, 1.82) is 0 Å². The van der Waals surface area contributed by atoms with Gasteiger partial charge in [-0.15, -0.1) is 0 Å². The van der Waals surface area contributed by atoms with Crippen molar-refractivity contribution in [3.05, 3.63) is 39.9 Å². The van der Waals surface area contributed by atoms with E-state index in [4.69, 9.17) is 4.52 Å². The molecule has 0 spiro atoms. The average Bonchev–Trinajstić information content (AvgIpc) is 3.25. The number of hydrogen-bond donors (Lipinski definition) is 1. The molecule has 0 aliphatic heterocycles. The third-order valence-electron chi connectivity index (χ3n) is 4.11. The second-order valence-electron chi connectivity index (χ2n) is 5.99. The van der Waals surface area contributed by atoms with Gasteiger partial charge in [0.15, 0.2) is 0 Å². The summed E-state index contributed by atoms with van der Waals surface area (Å²) in [6.45, 7) is 2.91. The third kappa shape index (κ3) is 2.93. The summed E-state index contributed by atoms with van der Waals surface area (Å²) >= 11 is 3.35. The lowest BCUT2D eigenvalue weighted by Gasteiger charge is -2.08. The second-order valence-corrected chi connectivity index (χ2v) is 6.91. The fourth-order valence-corrected chi connectivity index (χ4v) is 3.05. The quantitative estimate of drug-likeness (QED) is 0.724. The van der Waals surface area contributed by atoms with E-state index in [-0.39, 0.29) is 5.91 Å². The molecule has 3 aromatic heterocycles. The highest BCUT2D eigenvalue weighted by Crippen LogP contribution is 2.40. The van der Waals surface area contributed by atoms with Gasteiger partial charge in [-0.1, -0.05) is 5.16 Å². The van der Waals surface area contributed by atoms with Crippen LogP contribution in [0.1, 0.15) is 40.5 Å². The number of nitrogens with zero attached hydrogens (tertiary/aromatic N) is 4. The molecule has 1 aliphatic carbocycles. The van der Waals surface area contributed by atoms with Crippen LogP contribution in [0.25, 0.3) is 11.1 Å². The van der Waals surface area contributed by atoms with Crippen molar-refractivity contribution in [2.75, 3.05) is 6.54 Å². The largest absolute Gasteiger partial charge is 0.350 e. The van der Waals surface area contributed by atoms with Gasteiger partial charge >= 0.3 is 0 Å². The first-order valence-corrected chi connectivity index (χ1v) is 8.64. The van der Waals surface area contributed by atoms with Gasteiger partial charge < -0.3 is 9.84 Å². The zero-order valence-corrected chi connectivity index (χ0v) is 14.7. The molecular weight excluding hydrogens is 374 g/mol. The predicted molar refractivity (Wildman–Crippen MR) is 90.8 cm³/mol. The highest BCUT2D eigenvalue weighted by molar-refractivity contribution is 9.10. The van der Waals surface area contributed by atoms with E-state index in [9.17, 15) is 4.79 Å². The Balaban J connectivity index is 1.55. The van der Waals surface area contributed by atoms with Gasteiger partial charge in [0.05, 0.1) is 33.9 Å². The lowest BCUT2D eigenvalue weighted by molar-refractivity contribution is 0.0953. The Morgan fingerprint density at radius 2 is 2.33 bits per heavy atom. The molecule has 0 atom stereocenters. The zero-order valence-electron chi connectivity index (χ0n) is 13.1. The molecule has 1 aliphatic rings. The van der Waals surface area contributed by atoms with Crippen LogP contribution >= 0.6 is 15.9 Å². The number of halogens is 1. The van der Waals surface area contributed by atoms with Crippen LogP contribution in [0.3, 0.4) is 0 Å². The summed E-state index contributed by atoms with van der Waals surface area (Å²) in [5, 5.41) is 11.8. The van der Waals surface area contributed by atoms with E-state index in [1.54, 1.807) is 10.9 Å². The van der Waals surface area contributed by atoms with Crippen molar-refractivity contribution in [1.82, 2.24) is 25.2 Å². The van der Waals surface area contributed by atoms with Crippen molar-refractivity contribution in [2.24, 2.45) is 0 Å². The molecule has 1 saturated carbocycles. The molecule has 24 heavy (non-hydrogen) atoms. The standard InChI is InChI=1S/C16H16BrN5O2/c1-9-14-12(6-13(10-2-3-10)20-16(14)24-21-9)15(23)18-4-5-22-8-11(17)7-19-22/h6-8,10H,2-5H2,1H3,(H,18,23). The van der Waals surface area contributed by atoms with Crippen LogP contribution in [0.2, 0.25) is 0 Å². The molecule has 0 aromatic carbocycles. The minimum atomic E-state index is -0.137. The van der Waals surface area contributed by atoms with Crippen LogP contribution in [0, 0.1) is 6.92 Å². The first kappa shape index (κ1) is 15.3. The normalized spacial score (nSPS) is 14.2. The highest BCUT2D eigenvalue weighted by atomic mass is 79.9. The molecule has 0 saturated heterocycles. The summed E-state index contributed by atoms with van der Waals surface area (Å²) in [5.41, 5.74) is 2.63. The maximum atomic E-state index is 12.7. The van der Waals surface area contributed by atoms with Gasteiger partial charge in [-0.3, -0.25) is 9.48 Å². The van der Waals surface area contributed by atoms with Crippen LogP contribution in [0.15, 0.2) is 27.5 Å². The number of aromatic nitrogens is 4. The lowest BCUT2D eigenvalue weighted by atomic mass is 10.1. The van der Waals surface area contributed by atoms with Crippen LogP contribution < -0.4 is 5.32 Å². The minimum absolute atomic E-state index is 0.137. The molecule has 8 heteroatoms. The smallest absolute Gasteiger partial charge is 0.259 e. The van der Waals surface area contributed by atoms with E-state index in [1.807, 2.05) is 19.2 Å². The van der Waals surface area contributed by atoms with Crippen molar-refractivity contribution in [3.63, 3.8) is 0 Å². The summed E-state index contributed by atoms with van der Waals surface area (Å²) in [7, 11) is 0. The Hall–Kier alpha value is -2.22. The van der Waals surface area contributed by atoms with Crippen molar-refractivity contribution >= 4 is 32.9 Å². The molecule has 4 rings (SSSR count). The van der Waals surface area contributed by atoms with Crippen LogP contribution in [-0.4, -0.2) is 32.4 Å². The zero-order chi connectivity index (χ0) is 16.7. The van der Waals surface area contributed by atoms with E-state index < -0.39 is 0 Å². The van der Waals surface area contributed by atoms with Gasteiger partial charge in [0.2, 0.25) is 0 Å². The molecule has 0 radical (unpaired) electrons. The number of carbonyl (C=O) groups is 1. The molecule has 0 unspecified atom stereocenters. The fourth-order valence-electron chi connectivity index (χ4n) is 2.72. The van der Waals surface area contributed by atoms with Gasteiger partial charge in [-0.2, -0.15) is 5.10 Å². The molecule has 1 N–H and O–H groups in total. The molecule has 3 aromatic rings. The number of aryl methyl sites for hydroxylation is 1. The minimum Gasteiger partial charge on any atom is -0.350 e.